The van der Waals surface area contributed by atoms with Crippen molar-refractivity contribution in [3.8, 4) is 5.75 Å². The van der Waals surface area contributed by atoms with Gasteiger partial charge in [0.1, 0.15) is 23.9 Å². The van der Waals surface area contributed by atoms with Crippen molar-refractivity contribution in [2.75, 3.05) is 13.6 Å². The van der Waals surface area contributed by atoms with E-state index in [2.05, 4.69) is 16.0 Å². The van der Waals surface area contributed by atoms with Gasteiger partial charge in [0, 0.05) is 19.2 Å². The normalized spacial score (nSPS) is 23.3. The van der Waals surface area contributed by atoms with Crippen LogP contribution < -0.4 is 20.7 Å². The van der Waals surface area contributed by atoms with Crippen LogP contribution in [0.4, 0.5) is 0 Å². The summed E-state index contributed by atoms with van der Waals surface area (Å²) in [5, 5.41) is 8.87. The quantitative estimate of drug-likeness (QED) is 0.561. The molecule has 0 radical (unpaired) electrons. The third kappa shape index (κ3) is 6.20. The average molecular weight is 505 g/mol. The summed E-state index contributed by atoms with van der Waals surface area (Å²) >= 11 is 0. The predicted molar refractivity (Wildman–Crippen MR) is 143 cm³/mol. The number of hydrogen-bond donors (Lipinski definition) is 3. The molecule has 2 aromatic carbocycles. The summed E-state index contributed by atoms with van der Waals surface area (Å²) in [6, 6.07) is 15.1. The van der Waals surface area contributed by atoms with Crippen LogP contribution in [-0.4, -0.2) is 60.4 Å². The lowest BCUT2D eigenvalue weighted by Crippen LogP contribution is -2.59. The molecule has 0 aromatic heterocycles. The van der Waals surface area contributed by atoms with Gasteiger partial charge in [0.2, 0.25) is 17.7 Å². The fourth-order valence-corrected chi connectivity index (χ4v) is 4.89. The molecule has 3 amide bonds. The first-order valence-corrected chi connectivity index (χ1v) is 13.0. The second-order valence-electron chi connectivity index (χ2n) is 9.74. The van der Waals surface area contributed by atoms with Crippen molar-refractivity contribution in [3.05, 3.63) is 71.9 Å². The maximum atomic E-state index is 13.8. The Morgan fingerprint density at radius 2 is 1.84 bits per heavy atom. The minimum atomic E-state index is -0.864. The van der Waals surface area contributed by atoms with Gasteiger partial charge in [-0.05, 0) is 48.7 Å². The van der Waals surface area contributed by atoms with Gasteiger partial charge in [-0.1, -0.05) is 62.7 Å². The summed E-state index contributed by atoms with van der Waals surface area (Å²) in [4.78, 5) is 42.2. The average Bonchev–Trinajstić information content (AvgIpc) is 3.34. The van der Waals surface area contributed by atoms with E-state index in [4.69, 9.17) is 4.74 Å². The zero-order chi connectivity index (χ0) is 26.4. The van der Waals surface area contributed by atoms with Crippen LogP contribution in [0.1, 0.15) is 37.8 Å². The minimum absolute atomic E-state index is 0.100. The molecule has 5 atom stereocenters. The SMILES string of the molecule is CC[C@H](C)[C@H]1NC(=O)[C@@H]2[C@H](CCN2C(=O)[C@H](Cc2ccccc2)NC)Oc2ccc(cc2)C=CNC1=O. The Kier molecular flexibility index (Phi) is 8.61. The molecule has 3 N–H and O–H groups in total. The second-order valence-corrected chi connectivity index (χ2v) is 9.74. The molecule has 1 saturated heterocycles. The first-order chi connectivity index (χ1) is 17.9. The van der Waals surface area contributed by atoms with Crippen LogP contribution in [0, 0.1) is 5.92 Å². The molecule has 8 heteroatoms. The van der Waals surface area contributed by atoms with Crippen molar-refractivity contribution < 1.29 is 19.1 Å². The Bertz CT molecular complexity index is 1120. The van der Waals surface area contributed by atoms with Crippen LogP contribution in [-0.2, 0) is 20.8 Å². The lowest BCUT2D eigenvalue weighted by atomic mass is 9.97. The molecule has 0 spiro atoms. The van der Waals surface area contributed by atoms with Crippen molar-refractivity contribution in [3.63, 3.8) is 0 Å². The molecular weight excluding hydrogens is 468 g/mol. The van der Waals surface area contributed by atoms with Crippen molar-refractivity contribution in [2.24, 2.45) is 5.92 Å². The highest BCUT2D eigenvalue weighted by atomic mass is 16.5. The molecule has 3 aliphatic rings. The molecule has 2 bridgehead atoms. The third-order valence-electron chi connectivity index (χ3n) is 7.29. The molecular formula is C29H36N4O4. The van der Waals surface area contributed by atoms with Crippen LogP contribution in [0.5, 0.6) is 5.75 Å². The van der Waals surface area contributed by atoms with Crippen molar-refractivity contribution in [2.45, 2.75) is 57.3 Å². The number of nitrogens with one attached hydrogen (secondary N) is 3. The van der Waals surface area contributed by atoms with Gasteiger partial charge in [0.25, 0.3) is 0 Å². The first-order valence-electron chi connectivity index (χ1n) is 13.0. The molecule has 3 aliphatic heterocycles. The van der Waals surface area contributed by atoms with E-state index >= 15 is 0 Å². The number of amides is 3. The Morgan fingerprint density at radius 1 is 1.11 bits per heavy atom. The summed E-state index contributed by atoms with van der Waals surface area (Å²) in [6.07, 6.45) is 4.55. The van der Waals surface area contributed by atoms with Gasteiger partial charge in [-0.2, -0.15) is 0 Å². The zero-order valence-corrected chi connectivity index (χ0v) is 21.6. The van der Waals surface area contributed by atoms with E-state index in [-0.39, 0.29) is 23.6 Å². The molecule has 5 rings (SSSR count). The summed E-state index contributed by atoms with van der Waals surface area (Å²) in [5.41, 5.74) is 1.94. The van der Waals surface area contributed by atoms with Gasteiger partial charge < -0.3 is 25.6 Å². The number of benzene rings is 2. The van der Waals surface area contributed by atoms with Crippen molar-refractivity contribution in [1.29, 1.82) is 0 Å². The number of fused-ring (bicyclic) bond motifs is 7. The standard InChI is InChI=1S/C29H36N4O4/c1-4-19(2)25-27(34)31-16-14-20-10-12-22(13-11-20)37-24-15-17-33(26(24)28(35)32-25)29(36)23(30-3)18-21-8-6-5-7-9-21/h5-14,16,19,23-26,30H,4,15,17-18H2,1-3H3,(H,31,34)(H,32,35)/t19-,23-,24-,25+,26-/m0/s1. The molecule has 8 nitrogen and oxygen atoms in total. The Morgan fingerprint density at radius 3 is 2.51 bits per heavy atom. The monoisotopic (exact) mass is 504 g/mol. The molecule has 0 saturated carbocycles. The summed E-state index contributed by atoms with van der Waals surface area (Å²) in [6.45, 7) is 4.29. The highest BCUT2D eigenvalue weighted by Gasteiger charge is 2.46. The lowest BCUT2D eigenvalue weighted by molar-refractivity contribution is -0.142. The number of carbonyl (C=O) groups is 3. The van der Waals surface area contributed by atoms with Gasteiger partial charge in [-0.15, -0.1) is 0 Å². The van der Waals surface area contributed by atoms with Crippen LogP contribution in [0.2, 0.25) is 0 Å². The second kappa shape index (κ2) is 12.1. The van der Waals surface area contributed by atoms with Gasteiger partial charge >= 0.3 is 0 Å². The highest BCUT2D eigenvalue weighted by Crippen LogP contribution is 2.27. The topological polar surface area (TPSA) is 99.8 Å². The number of carbonyl (C=O) groups excluding carboxylic acids is 3. The Hall–Kier alpha value is -3.65. The lowest BCUT2D eigenvalue weighted by Gasteiger charge is -2.32. The maximum absolute atomic E-state index is 13.8. The van der Waals surface area contributed by atoms with Crippen molar-refractivity contribution in [1.82, 2.24) is 20.9 Å². The number of nitrogens with zero attached hydrogens (tertiary/aromatic N) is 1. The van der Waals surface area contributed by atoms with E-state index in [1.807, 2.05) is 68.4 Å². The summed E-state index contributed by atoms with van der Waals surface area (Å²) in [5.74, 6) is -0.317. The first kappa shape index (κ1) is 26.4. The van der Waals surface area contributed by atoms with E-state index in [1.54, 1.807) is 24.2 Å². The van der Waals surface area contributed by atoms with E-state index in [0.29, 0.717) is 31.6 Å². The van der Waals surface area contributed by atoms with E-state index in [0.717, 1.165) is 11.1 Å². The van der Waals surface area contributed by atoms with E-state index < -0.39 is 24.2 Å². The van der Waals surface area contributed by atoms with E-state index in [9.17, 15) is 14.4 Å². The molecule has 0 aliphatic carbocycles. The number of likely N-dealkylation sites (N-methyl/N-ethyl adjacent to an activating group) is 1. The van der Waals surface area contributed by atoms with Gasteiger partial charge in [-0.25, -0.2) is 0 Å². The number of likely N-dealkylation sites (tertiary alicyclic amines) is 1. The van der Waals surface area contributed by atoms with Gasteiger partial charge in [-0.3, -0.25) is 14.4 Å². The number of rotatable bonds is 6. The fourth-order valence-electron chi connectivity index (χ4n) is 4.89. The van der Waals surface area contributed by atoms with Crippen molar-refractivity contribution >= 4 is 23.8 Å². The molecule has 0 unspecified atom stereocenters. The molecule has 1 fully saturated rings. The smallest absolute Gasteiger partial charge is 0.247 e. The maximum Gasteiger partial charge on any atom is 0.247 e. The van der Waals surface area contributed by atoms with Crippen LogP contribution >= 0.6 is 0 Å². The van der Waals surface area contributed by atoms with E-state index in [1.165, 1.54) is 0 Å². The number of hydrogen-bond acceptors (Lipinski definition) is 5. The third-order valence-corrected chi connectivity index (χ3v) is 7.29. The Labute approximate surface area is 218 Å². The molecule has 3 heterocycles. The minimum Gasteiger partial charge on any atom is -0.488 e. The number of ether oxygens (including phenoxy) is 1. The Balaban J connectivity index is 1.65. The largest absolute Gasteiger partial charge is 0.488 e. The van der Waals surface area contributed by atoms with Crippen LogP contribution in [0.3, 0.4) is 0 Å². The molecule has 37 heavy (non-hydrogen) atoms. The van der Waals surface area contributed by atoms with Gasteiger partial charge in [0.15, 0.2) is 0 Å². The molecule has 2 aromatic rings. The highest BCUT2D eigenvalue weighted by molar-refractivity contribution is 5.94. The van der Waals surface area contributed by atoms with Crippen LogP contribution in [0.15, 0.2) is 60.8 Å². The molecule has 196 valence electrons. The summed E-state index contributed by atoms with van der Waals surface area (Å²) < 4.78 is 6.27. The summed E-state index contributed by atoms with van der Waals surface area (Å²) in [7, 11) is 1.75. The zero-order valence-electron chi connectivity index (χ0n) is 21.6. The van der Waals surface area contributed by atoms with Gasteiger partial charge in [0.05, 0.1) is 6.04 Å². The fraction of sp³-hybridized carbons (Fsp3) is 0.414. The van der Waals surface area contributed by atoms with Crippen LogP contribution in [0.25, 0.3) is 6.08 Å². The predicted octanol–water partition coefficient (Wildman–Crippen LogP) is 2.50.